The highest BCUT2D eigenvalue weighted by molar-refractivity contribution is 5.92. The molecule has 188 valence electrons. The topological polar surface area (TPSA) is 214 Å². The number of primary amides is 1. The molecule has 0 saturated carbocycles. The number of carbonyl (C=O) groups is 5. The van der Waals surface area contributed by atoms with Crippen LogP contribution in [0.3, 0.4) is 0 Å². The van der Waals surface area contributed by atoms with E-state index in [-0.39, 0.29) is 37.4 Å². The van der Waals surface area contributed by atoms with E-state index in [2.05, 4.69) is 16.0 Å². The standard InChI is InChI=1S/C22H33N5O7/c1-12(2)9-17(22(33)34)27-21(32)16(10-13-3-5-14(28)6-4-13)26-19(30)11-25-20(31)15(23)7-8-18(24)29/h3-6,12,15-17,28H,7-11,23H2,1-2H3,(H2,24,29)(H,25,31)(H,26,30)(H,27,32)(H,33,34). The van der Waals surface area contributed by atoms with Gasteiger partial charge < -0.3 is 37.6 Å². The summed E-state index contributed by atoms with van der Waals surface area (Å²) in [6.45, 7) is 3.14. The average Bonchev–Trinajstić information content (AvgIpc) is 2.75. The minimum Gasteiger partial charge on any atom is -0.508 e. The Bertz CT molecular complexity index is 873. The third-order valence-corrected chi connectivity index (χ3v) is 4.81. The molecule has 34 heavy (non-hydrogen) atoms. The molecule has 0 aliphatic heterocycles. The molecular formula is C22H33N5O7. The molecule has 12 nitrogen and oxygen atoms in total. The lowest BCUT2D eigenvalue weighted by molar-refractivity contribution is -0.142. The molecule has 1 aromatic carbocycles. The molecule has 0 heterocycles. The van der Waals surface area contributed by atoms with Crippen LogP contribution >= 0.6 is 0 Å². The van der Waals surface area contributed by atoms with Gasteiger partial charge in [0.05, 0.1) is 12.6 Å². The van der Waals surface area contributed by atoms with Crippen LogP contribution in [0.4, 0.5) is 0 Å². The fourth-order valence-electron chi connectivity index (χ4n) is 3.01. The summed E-state index contributed by atoms with van der Waals surface area (Å²) in [5.74, 6) is -3.87. The molecule has 0 saturated heterocycles. The van der Waals surface area contributed by atoms with Crippen molar-refractivity contribution in [3.05, 3.63) is 29.8 Å². The van der Waals surface area contributed by atoms with Crippen LogP contribution in [-0.2, 0) is 30.4 Å². The Morgan fingerprint density at radius 1 is 0.971 bits per heavy atom. The number of carboxylic acid groups (broad SMARTS) is 1. The van der Waals surface area contributed by atoms with E-state index in [9.17, 15) is 34.2 Å². The maximum absolute atomic E-state index is 12.9. The molecule has 0 bridgehead atoms. The molecule has 0 spiro atoms. The van der Waals surface area contributed by atoms with Crippen molar-refractivity contribution in [1.82, 2.24) is 16.0 Å². The van der Waals surface area contributed by atoms with E-state index in [1.54, 1.807) is 12.1 Å². The molecule has 0 aliphatic rings. The zero-order valence-corrected chi connectivity index (χ0v) is 19.2. The quantitative estimate of drug-likeness (QED) is 0.171. The monoisotopic (exact) mass is 479 g/mol. The van der Waals surface area contributed by atoms with Gasteiger partial charge in [-0.3, -0.25) is 19.2 Å². The first-order chi connectivity index (χ1) is 15.9. The van der Waals surface area contributed by atoms with Crippen LogP contribution in [0.5, 0.6) is 5.75 Å². The first-order valence-electron chi connectivity index (χ1n) is 10.8. The van der Waals surface area contributed by atoms with Crippen molar-refractivity contribution in [1.29, 1.82) is 0 Å². The number of phenolic OH excluding ortho intramolecular Hbond substituents is 1. The second-order valence-corrected chi connectivity index (χ2v) is 8.35. The molecule has 3 unspecified atom stereocenters. The predicted octanol–water partition coefficient (Wildman–Crippen LogP) is -1.26. The summed E-state index contributed by atoms with van der Waals surface area (Å²) in [4.78, 5) is 59.6. The molecule has 3 atom stereocenters. The van der Waals surface area contributed by atoms with Gasteiger partial charge in [-0.05, 0) is 36.5 Å². The van der Waals surface area contributed by atoms with E-state index >= 15 is 0 Å². The van der Waals surface area contributed by atoms with E-state index < -0.39 is 54.3 Å². The van der Waals surface area contributed by atoms with Crippen LogP contribution in [-0.4, -0.2) is 64.5 Å². The highest BCUT2D eigenvalue weighted by Crippen LogP contribution is 2.12. The Hall–Kier alpha value is -3.67. The van der Waals surface area contributed by atoms with Gasteiger partial charge >= 0.3 is 5.97 Å². The summed E-state index contributed by atoms with van der Waals surface area (Å²) in [5, 5.41) is 26.1. The van der Waals surface area contributed by atoms with Gasteiger partial charge in [-0.25, -0.2) is 4.79 Å². The fourth-order valence-corrected chi connectivity index (χ4v) is 3.01. The van der Waals surface area contributed by atoms with Crippen LogP contribution in [0, 0.1) is 5.92 Å². The number of aliphatic carboxylic acids is 1. The van der Waals surface area contributed by atoms with Gasteiger partial charge in [0.25, 0.3) is 0 Å². The Labute approximate surface area is 197 Å². The lowest BCUT2D eigenvalue weighted by Gasteiger charge is -2.23. The molecular weight excluding hydrogens is 446 g/mol. The number of aromatic hydroxyl groups is 1. The van der Waals surface area contributed by atoms with Gasteiger partial charge in [-0.2, -0.15) is 0 Å². The van der Waals surface area contributed by atoms with Crippen molar-refractivity contribution in [2.24, 2.45) is 17.4 Å². The Morgan fingerprint density at radius 3 is 2.12 bits per heavy atom. The van der Waals surface area contributed by atoms with E-state index in [4.69, 9.17) is 11.5 Å². The second-order valence-electron chi connectivity index (χ2n) is 8.35. The van der Waals surface area contributed by atoms with Gasteiger partial charge in [0, 0.05) is 12.8 Å². The number of hydrogen-bond acceptors (Lipinski definition) is 7. The highest BCUT2D eigenvalue weighted by Gasteiger charge is 2.27. The van der Waals surface area contributed by atoms with Crippen molar-refractivity contribution < 1.29 is 34.2 Å². The maximum atomic E-state index is 12.9. The SMILES string of the molecule is CC(C)CC(NC(=O)C(Cc1ccc(O)cc1)NC(=O)CNC(=O)C(N)CCC(N)=O)C(=O)O. The third kappa shape index (κ3) is 10.8. The number of amides is 4. The van der Waals surface area contributed by atoms with Crippen molar-refractivity contribution in [2.75, 3.05) is 6.54 Å². The zero-order chi connectivity index (χ0) is 25.8. The predicted molar refractivity (Wildman–Crippen MR) is 122 cm³/mol. The van der Waals surface area contributed by atoms with Crippen LogP contribution < -0.4 is 27.4 Å². The summed E-state index contributed by atoms with van der Waals surface area (Å²) in [5.41, 5.74) is 11.3. The van der Waals surface area contributed by atoms with Crippen LogP contribution in [0.25, 0.3) is 0 Å². The number of phenols is 1. The number of nitrogens with two attached hydrogens (primary N) is 2. The van der Waals surface area contributed by atoms with Crippen molar-refractivity contribution in [2.45, 2.75) is 57.7 Å². The van der Waals surface area contributed by atoms with Crippen molar-refractivity contribution in [3.63, 3.8) is 0 Å². The molecule has 0 aliphatic carbocycles. The number of nitrogens with one attached hydrogen (secondary N) is 3. The minimum atomic E-state index is -1.20. The van der Waals surface area contributed by atoms with Gasteiger partial charge in [0.15, 0.2) is 0 Å². The molecule has 1 rings (SSSR count). The largest absolute Gasteiger partial charge is 0.508 e. The van der Waals surface area contributed by atoms with E-state index in [0.717, 1.165) is 0 Å². The van der Waals surface area contributed by atoms with Gasteiger partial charge in [0.1, 0.15) is 17.8 Å². The van der Waals surface area contributed by atoms with E-state index in [1.165, 1.54) is 12.1 Å². The van der Waals surface area contributed by atoms with Gasteiger partial charge in [0.2, 0.25) is 23.6 Å². The second kappa shape index (κ2) is 13.8. The molecule has 0 radical (unpaired) electrons. The molecule has 1 aromatic rings. The lowest BCUT2D eigenvalue weighted by Crippen LogP contribution is -2.54. The lowest BCUT2D eigenvalue weighted by atomic mass is 10.0. The first-order valence-corrected chi connectivity index (χ1v) is 10.8. The molecule has 0 aromatic heterocycles. The summed E-state index contributed by atoms with van der Waals surface area (Å²) >= 11 is 0. The first kappa shape index (κ1) is 28.4. The zero-order valence-electron chi connectivity index (χ0n) is 19.2. The van der Waals surface area contributed by atoms with Gasteiger partial charge in [-0.1, -0.05) is 26.0 Å². The molecule has 12 heteroatoms. The molecule has 9 N–H and O–H groups in total. The Balaban J connectivity index is 2.85. The number of carboxylic acids is 1. The van der Waals surface area contributed by atoms with E-state index in [1.807, 2.05) is 13.8 Å². The van der Waals surface area contributed by atoms with E-state index in [0.29, 0.717) is 5.56 Å². The summed E-state index contributed by atoms with van der Waals surface area (Å²) < 4.78 is 0. The Kier molecular flexibility index (Phi) is 11.5. The minimum absolute atomic E-state index is 0.000486. The molecule has 4 amide bonds. The highest BCUT2D eigenvalue weighted by atomic mass is 16.4. The van der Waals surface area contributed by atoms with Gasteiger partial charge in [-0.15, -0.1) is 0 Å². The number of hydrogen-bond donors (Lipinski definition) is 7. The maximum Gasteiger partial charge on any atom is 0.326 e. The number of carbonyl (C=O) groups excluding carboxylic acids is 4. The average molecular weight is 480 g/mol. The fraction of sp³-hybridized carbons (Fsp3) is 0.500. The van der Waals surface area contributed by atoms with Crippen LogP contribution in [0.1, 0.15) is 38.7 Å². The smallest absolute Gasteiger partial charge is 0.326 e. The summed E-state index contributed by atoms with van der Waals surface area (Å²) in [6, 6.07) is 2.62. The third-order valence-electron chi connectivity index (χ3n) is 4.81. The van der Waals surface area contributed by atoms with Crippen molar-refractivity contribution in [3.8, 4) is 5.75 Å². The molecule has 0 fully saturated rings. The van der Waals surface area contributed by atoms with Crippen LogP contribution in [0.2, 0.25) is 0 Å². The normalized spacial score (nSPS) is 13.4. The van der Waals surface area contributed by atoms with Crippen LogP contribution in [0.15, 0.2) is 24.3 Å². The number of rotatable bonds is 14. The summed E-state index contributed by atoms with van der Waals surface area (Å²) in [6.07, 6.45) is 0.135. The Morgan fingerprint density at radius 2 is 1.59 bits per heavy atom. The van der Waals surface area contributed by atoms with Crippen molar-refractivity contribution >= 4 is 29.6 Å². The summed E-state index contributed by atoms with van der Waals surface area (Å²) in [7, 11) is 0. The number of benzene rings is 1.